The number of benzene rings is 2. The molecule has 0 bridgehead atoms. The number of amides is 1. The summed E-state index contributed by atoms with van der Waals surface area (Å²) in [6, 6.07) is 11.3. The molecule has 2 N–H and O–H groups in total. The molecule has 3 rings (SSSR count). The van der Waals surface area contributed by atoms with E-state index in [9.17, 15) is 4.79 Å². The first-order chi connectivity index (χ1) is 14.4. The van der Waals surface area contributed by atoms with Gasteiger partial charge in [-0.15, -0.1) is 0 Å². The zero-order chi connectivity index (χ0) is 21.8. The number of carbonyl (C=O) groups is 1. The van der Waals surface area contributed by atoms with E-state index < -0.39 is 0 Å². The Morgan fingerprint density at radius 1 is 1.17 bits per heavy atom. The van der Waals surface area contributed by atoms with E-state index in [0.717, 1.165) is 31.0 Å². The van der Waals surface area contributed by atoms with Gasteiger partial charge < -0.3 is 19.7 Å². The highest BCUT2D eigenvalue weighted by Crippen LogP contribution is 2.36. The van der Waals surface area contributed by atoms with Gasteiger partial charge in [-0.3, -0.25) is 4.79 Å². The molecule has 30 heavy (non-hydrogen) atoms. The van der Waals surface area contributed by atoms with Crippen LogP contribution in [0.25, 0.3) is 0 Å². The predicted molar refractivity (Wildman–Crippen MR) is 120 cm³/mol. The van der Waals surface area contributed by atoms with E-state index in [2.05, 4.69) is 38.2 Å². The fourth-order valence-corrected chi connectivity index (χ4v) is 4.55. The van der Waals surface area contributed by atoms with Crippen molar-refractivity contribution in [1.29, 1.82) is 0 Å². The van der Waals surface area contributed by atoms with Crippen LogP contribution >= 0.6 is 11.6 Å². The van der Waals surface area contributed by atoms with Crippen LogP contribution in [0.5, 0.6) is 11.5 Å². The van der Waals surface area contributed by atoms with Crippen LogP contribution in [0.3, 0.4) is 0 Å². The molecule has 0 aliphatic carbocycles. The molecule has 6 heteroatoms. The largest absolute Gasteiger partial charge is 0.493 e. The molecular weight excluding hydrogens is 400 g/mol. The number of ether oxygens (including phenoxy) is 2. The van der Waals surface area contributed by atoms with Crippen molar-refractivity contribution in [2.24, 2.45) is 5.92 Å². The Labute approximate surface area is 184 Å². The van der Waals surface area contributed by atoms with Crippen LogP contribution in [-0.2, 0) is 6.42 Å². The number of carbonyl (C=O) groups excluding carboxylic acids is 1. The first kappa shape index (κ1) is 22.4. The second-order valence-corrected chi connectivity index (χ2v) is 8.58. The van der Waals surface area contributed by atoms with Crippen LogP contribution in [0.1, 0.15) is 48.3 Å². The highest BCUT2D eigenvalue weighted by Gasteiger charge is 2.39. The minimum absolute atomic E-state index is 0.0275. The van der Waals surface area contributed by atoms with E-state index in [1.54, 1.807) is 38.5 Å². The average molecular weight is 432 g/mol. The molecule has 1 unspecified atom stereocenters. The lowest BCUT2D eigenvalue weighted by Gasteiger charge is -2.40. The van der Waals surface area contributed by atoms with Gasteiger partial charge in [0.05, 0.1) is 33.4 Å². The third kappa shape index (κ3) is 4.57. The molecule has 5 nitrogen and oxygen atoms in total. The fourth-order valence-electron chi connectivity index (χ4n) is 4.43. The van der Waals surface area contributed by atoms with Crippen molar-refractivity contribution in [2.75, 3.05) is 27.3 Å². The van der Waals surface area contributed by atoms with Gasteiger partial charge in [0.1, 0.15) is 6.04 Å². The summed E-state index contributed by atoms with van der Waals surface area (Å²) in [4.78, 5) is 14.5. The number of fused-ring (bicyclic) bond motifs is 1. The summed E-state index contributed by atoms with van der Waals surface area (Å²) in [6.07, 6.45) is 0.977. The Hall–Kier alpha value is -2.24. The van der Waals surface area contributed by atoms with Gasteiger partial charge in [0, 0.05) is 22.6 Å². The maximum absolute atomic E-state index is 13.0. The van der Waals surface area contributed by atoms with Crippen molar-refractivity contribution in [2.45, 2.75) is 39.3 Å². The Bertz CT molecular complexity index is 883. The van der Waals surface area contributed by atoms with Crippen molar-refractivity contribution in [3.8, 4) is 11.5 Å². The van der Waals surface area contributed by atoms with Crippen LogP contribution in [0, 0.1) is 5.92 Å². The van der Waals surface area contributed by atoms with Crippen LogP contribution in [0.4, 0.5) is 0 Å². The molecule has 0 fully saturated rings. The van der Waals surface area contributed by atoms with Gasteiger partial charge in [-0.1, -0.05) is 25.4 Å². The number of methoxy groups -OCH3 is 2. The highest BCUT2D eigenvalue weighted by molar-refractivity contribution is 6.30. The Balaban J connectivity index is 2.00. The summed E-state index contributed by atoms with van der Waals surface area (Å²) < 4.78 is 11.1. The molecular formula is C24H32ClN2O3+. The van der Waals surface area contributed by atoms with Crippen LogP contribution in [-0.4, -0.2) is 39.3 Å². The number of hydrogen-bond acceptors (Lipinski definition) is 3. The first-order valence-electron chi connectivity index (χ1n) is 10.5. The maximum Gasteiger partial charge on any atom is 0.251 e. The van der Waals surface area contributed by atoms with Crippen molar-refractivity contribution in [3.05, 3.63) is 58.1 Å². The van der Waals surface area contributed by atoms with Gasteiger partial charge in [0.25, 0.3) is 5.91 Å². The zero-order valence-electron chi connectivity index (χ0n) is 18.4. The molecule has 0 radical (unpaired) electrons. The van der Waals surface area contributed by atoms with Gasteiger partial charge in [-0.2, -0.15) is 0 Å². The van der Waals surface area contributed by atoms with Crippen LogP contribution < -0.4 is 19.7 Å². The summed E-state index contributed by atoms with van der Waals surface area (Å²) in [7, 11) is 3.33. The first-order valence-corrected chi connectivity index (χ1v) is 10.9. The second-order valence-electron chi connectivity index (χ2n) is 8.15. The Morgan fingerprint density at radius 2 is 1.80 bits per heavy atom. The Kier molecular flexibility index (Phi) is 7.27. The standard InChI is InChI=1S/C24H31ClN2O3/c1-6-27-12-11-17-13-20(29-4)21(30-5)14-19(17)23(27)22(15(2)3)26-24(28)16-7-9-18(25)10-8-16/h7-10,13-15,22-23H,6,11-12H2,1-5H3,(H,26,28)/p+1/t22-,23-/m1/s1. The van der Waals surface area contributed by atoms with E-state index >= 15 is 0 Å². The molecule has 2 aromatic carbocycles. The molecule has 2 aromatic rings. The monoisotopic (exact) mass is 431 g/mol. The van der Waals surface area contributed by atoms with Gasteiger partial charge >= 0.3 is 0 Å². The predicted octanol–water partition coefficient (Wildman–Crippen LogP) is 3.31. The topological polar surface area (TPSA) is 52.0 Å². The average Bonchev–Trinajstić information content (AvgIpc) is 2.75. The minimum atomic E-state index is -0.0755. The summed E-state index contributed by atoms with van der Waals surface area (Å²) in [5.74, 6) is 1.66. The quantitative estimate of drug-likeness (QED) is 0.707. The normalized spacial score (nSPS) is 19.2. The van der Waals surface area contributed by atoms with Crippen molar-refractivity contribution >= 4 is 17.5 Å². The molecule has 0 aromatic heterocycles. The molecule has 1 aliphatic heterocycles. The van der Waals surface area contributed by atoms with E-state index in [4.69, 9.17) is 21.1 Å². The van der Waals surface area contributed by atoms with Crippen LogP contribution in [0.2, 0.25) is 5.02 Å². The summed E-state index contributed by atoms with van der Waals surface area (Å²) >= 11 is 5.98. The third-order valence-corrected chi connectivity index (χ3v) is 6.32. The van der Waals surface area contributed by atoms with Crippen molar-refractivity contribution in [1.82, 2.24) is 5.32 Å². The number of hydrogen-bond donors (Lipinski definition) is 2. The van der Waals surface area contributed by atoms with Gasteiger partial charge in [0.2, 0.25) is 0 Å². The number of nitrogens with one attached hydrogen (secondary N) is 2. The number of quaternary nitrogens is 1. The van der Waals surface area contributed by atoms with Gasteiger partial charge in [-0.05, 0) is 54.8 Å². The third-order valence-electron chi connectivity index (χ3n) is 6.07. The van der Waals surface area contributed by atoms with E-state index in [0.29, 0.717) is 10.6 Å². The lowest BCUT2D eigenvalue weighted by molar-refractivity contribution is -0.934. The molecule has 0 spiro atoms. The van der Waals surface area contributed by atoms with Crippen molar-refractivity contribution < 1.29 is 19.2 Å². The van der Waals surface area contributed by atoms with Crippen LogP contribution in [0.15, 0.2) is 36.4 Å². The summed E-state index contributed by atoms with van der Waals surface area (Å²) in [5, 5.41) is 3.94. The van der Waals surface area contributed by atoms with Gasteiger partial charge in [0.15, 0.2) is 11.5 Å². The SMILES string of the molecule is CC[NH+]1CCc2cc(OC)c(OC)cc2[C@@H]1[C@H](NC(=O)c1ccc(Cl)cc1)C(C)C. The summed E-state index contributed by atoms with van der Waals surface area (Å²) in [6.45, 7) is 8.53. The molecule has 1 heterocycles. The van der Waals surface area contributed by atoms with E-state index in [1.165, 1.54) is 16.0 Å². The minimum Gasteiger partial charge on any atom is -0.493 e. The Morgan fingerprint density at radius 3 is 2.37 bits per heavy atom. The molecule has 1 aliphatic rings. The zero-order valence-corrected chi connectivity index (χ0v) is 19.2. The number of rotatable bonds is 7. The molecule has 162 valence electrons. The fraction of sp³-hybridized carbons (Fsp3) is 0.458. The van der Waals surface area contributed by atoms with E-state index in [1.807, 2.05) is 0 Å². The molecule has 1 amide bonds. The number of halogens is 1. The second kappa shape index (κ2) is 9.71. The summed E-state index contributed by atoms with van der Waals surface area (Å²) in [5.41, 5.74) is 3.11. The maximum atomic E-state index is 13.0. The molecule has 0 saturated carbocycles. The molecule has 3 atom stereocenters. The van der Waals surface area contributed by atoms with Gasteiger partial charge in [-0.25, -0.2) is 0 Å². The number of likely N-dealkylation sites (N-methyl/N-ethyl adjacent to an activating group) is 1. The van der Waals surface area contributed by atoms with Crippen molar-refractivity contribution in [3.63, 3.8) is 0 Å². The lowest BCUT2D eigenvalue weighted by Crippen LogP contribution is -3.14. The highest BCUT2D eigenvalue weighted by atomic mass is 35.5. The van der Waals surface area contributed by atoms with E-state index in [-0.39, 0.29) is 23.9 Å². The lowest BCUT2D eigenvalue weighted by atomic mass is 9.83. The smallest absolute Gasteiger partial charge is 0.251 e. The molecule has 0 saturated heterocycles.